The average molecular weight is 368 g/mol. The molecule has 2 aliphatic rings. The third-order valence-corrected chi connectivity index (χ3v) is 4.78. The Hall–Kier alpha value is -2.67. The fourth-order valence-electron chi connectivity index (χ4n) is 3.39. The Morgan fingerprint density at radius 2 is 2.04 bits per heavy atom. The number of anilines is 1. The fraction of sp³-hybridized carbons (Fsp3) is 0.450. The van der Waals surface area contributed by atoms with E-state index in [0.29, 0.717) is 11.5 Å². The van der Waals surface area contributed by atoms with E-state index >= 15 is 0 Å². The molecule has 2 aliphatic heterocycles. The van der Waals surface area contributed by atoms with Gasteiger partial charge in [0, 0.05) is 38.5 Å². The first-order chi connectivity index (χ1) is 12.9. The molecule has 3 rings (SSSR count). The number of nitrogens with one attached hydrogen (secondary N) is 2. The quantitative estimate of drug-likeness (QED) is 0.857. The minimum Gasteiger partial charge on any atom is -0.487 e. The van der Waals surface area contributed by atoms with Crippen molar-refractivity contribution in [1.82, 2.24) is 9.80 Å². The van der Waals surface area contributed by atoms with Crippen molar-refractivity contribution in [2.75, 3.05) is 39.5 Å². The van der Waals surface area contributed by atoms with Crippen molar-refractivity contribution in [2.24, 2.45) is 10.2 Å². The first-order valence-electron chi connectivity index (χ1n) is 9.18. The molecule has 1 aromatic rings. The van der Waals surface area contributed by atoms with Crippen LogP contribution in [0.15, 0.2) is 45.7 Å². The van der Waals surface area contributed by atoms with Crippen LogP contribution in [0.5, 0.6) is 5.75 Å². The maximum absolute atomic E-state index is 8.53. The molecule has 27 heavy (non-hydrogen) atoms. The van der Waals surface area contributed by atoms with Gasteiger partial charge >= 0.3 is 0 Å². The fourth-order valence-corrected chi connectivity index (χ4v) is 3.39. The summed E-state index contributed by atoms with van der Waals surface area (Å²) in [7, 11) is 5.85. The van der Waals surface area contributed by atoms with Gasteiger partial charge in [0.05, 0.1) is 11.4 Å². The molecule has 0 amide bonds. The van der Waals surface area contributed by atoms with Gasteiger partial charge in [0.25, 0.3) is 0 Å². The molecule has 1 atom stereocenters. The molecule has 1 saturated heterocycles. The van der Waals surface area contributed by atoms with E-state index in [1.807, 2.05) is 52.2 Å². The highest BCUT2D eigenvalue weighted by molar-refractivity contribution is 6.53. The van der Waals surface area contributed by atoms with E-state index in [1.54, 1.807) is 4.90 Å². The van der Waals surface area contributed by atoms with Crippen LogP contribution in [0.25, 0.3) is 0 Å². The maximum atomic E-state index is 8.53. The number of likely N-dealkylation sites (N-methyl/N-ethyl adjacent to an activating group) is 1. The van der Waals surface area contributed by atoms with Gasteiger partial charge in [-0.2, -0.15) is 5.10 Å². The first-order valence-corrected chi connectivity index (χ1v) is 9.18. The normalized spacial score (nSPS) is 22.3. The van der Waals surface area contributed by atoms with Crippen LogP contribution < -0.4 is 10.1 Å². The van der Waals surface area contributed by atoms with Crippen LogP contribution in [0.2, 0.25) is 0 Å². The number of likely N-dealkylation sites (tertiary alicyclic amines) is 1. The second-order valence-electron chi connectivity index (χ2n) is 7.29. The first kappa shape index (κ1) is 19.1. The number of hydrogen-bond donors (Lipinski definition) is 2. The number of para-hydroxylation sites is 2. The summed E-state index contributed by atoms with van der Waals surface area (Å²) in [4.78, 5) is 4.08. The van der Waals surface area contributed by atoms with Gasteiger partial charge in [0.15, 0.2) is 5.84 Å². The zero-order chi connectivity index (χ0) is 19.6. The zero-order valence-corrected chi connectivity index (χ0v) is 16.7. The van der Waals surface area contributed by atoms with Crippen molar-refractivity contribution in [2.45, 2.75) is 26.4 Å². The summed E-state index contributed by atoms with van der Waals surface area (Å²) in [6, 6.07) is 7.94. The van der Waals surface area contributed by atoms with E-state index in [-0.39, 0.29) is 6.10 Å². The molecule has 1 fully saturated rings. The van der Waals surface area contributed by atoms with Gasteiger partial charge in [0.2, 0.25) is 0 Å². The average Bonchev–Trinajstić information content (AvgIpc) is 3.01. The van der Waals surface area contributed by atoms with Crippen LogP contribution in [0.1, 0.15) is 20.3 Å². The van der Waals surface area contributed by atoms with Crippen LogP contribution in [0, 0.1) is 5.41 Å². The van der Waals surface area contributed by atoms with Gasteiger partial charge < -0.3 is 19.9 Å². The summed E-state index contributed by atoms with van der Waals surface area (Å²) in [5, 5.41) is 20.3. The minimum atomic E-state index is 0.203. The summed E-state index contributed by atoms with van der Waals surface area (Å²) in [6.45, 7) is 5.83. The van der Waals surface area contributed by atoms with Crippen LogP contribution in [-0.4, -0.2) is 67.4 Å². The summed E-state index contributed by atoms with van der Waals surface area (Å²) in [5.41, 5.74) is 3.62. The Morgan fingerprint density at radius 1 is 1.30 bits per heavy atom. The predicted molar refractivity (Wildman–Crippen MR) is 111 cm³/mol. The largest absolute Gasteiger partial charge is 0.487 e. The van der Waals surface area contributed by atoms with Crippen molar-refractivity contribution in [3.63, 3.8) is 0 Å². The molecule has 0 aliphatic carbocycles. The monoisotopic (exact) mass is 368 g/mol. The topological polar surface area (TPSA) is 76.3 Å². The number of rotatable bonds is 4. The summed E-state index contributed by atoms with van der Waals surface area (Å²) >= 11 is 0. The van der Waals surface area contributed by atoms with Crippen LogP contribution in [-0.2, 0) is 0 Å². The molecule has 0 radical (unpaired) electrons. The molecular formula is C20H28N6O. The van der Waals surface area contributed by atoms with Crippen LogP contribution in [0.4, 0.5) is 5.69 Å². The molecule has 1 aromatic carbocycles. The number of amidine groups is 1. The maximum Gasteiger partial charge on any atom is 0.176 e. The van der Waals surface area contributed by atoms with E-state index in [9.17, 15) is 0 Å². The molecule has 0 aromatic heterocycles. The number of ether oxygens (including phenoxy) is 1. The third kappa shape index (κ3) is 4.19. The van der Waals surface area contributed by atoms with E-state index in [1.165, 1.54) is 0 Å². The Balaban J connectivity index is 1.85. The molecule has 7 heteroatoms. The second-order valence-corrected chi connectivity index (χ2v) is 7.29. The smallest absolute Gasteiger partial charge is 0.176 e. The standard InChI is InChI=1S/C20H28N6O/c1-13(18-14(2)23-24-20(19(18)21)25(3)4)22-16-8-6-7-9-17(16)27-15-10-11-26(5)12-15/h6-9,15,21-22H,10-12H2,1-5H3/b18-13-,21-19?. The number of allylic oxidation sites excluding steroid dienone is 1. The molecule has 0 bridgehead atoms. The van der Waals surface area contributed by atoms with E-state index in [4.69, 9.17) is 10.1 Å². The third-order valence-electron chi connectivity index (χ3n) is 4.78. The molecule has 7 nitrogen and oxygen atoms in total. The van der Waals surface area contributed by atoms with Gasteiger partial charge in [-0.15, -0.1) is 5.10 Å². The SMILES string of the molecule is CC1=NN=C(N(C)C)C(=N)/C1=C(/C)Nc1ccccc1OC1CCN(C)C1. The molecule has 0 saturated carbocycles. The molecular weight excluding hydrogens is 340 g/mol. The highest BCUT2D eigenvalue weighted by Gasteiger charge is 2.25. The summed E-state index contributed by atoms with van der Waals surface area (Å²) in [5.74, 6) is 1.38. The van der Waals surface area contributed by atoms with E-state index in [2.05, 4.69) is 27.5 Å². The van der Waals surface area contributed by atoms with Gasteiger partial charge in [-0.05, 0) is 39.4 Å². The number of hydrogen-bond acceptors (Lipinski definition) is 7. The lowest BCUT2D eigenvalue weighted by atomic mass is 10.0. The van der Waals surface area contributed by atoms with Crippen molar-refractivity contribution in [1.29, 1.82) is 5.41 Å². The molecule has 144 valence electrons. The van der Waals surface area contributed by atoms with Crippen LogP contribution >= 0.6 is 0 Å². The lowest BCUT2D eigenvalue weighted by molar-refractivity contribution is 0.209. The lowest BCUT2D eigenvalue weighted by Crippen LogP contribution is -2.35. The molecule has 0 spiro atoms. The lowest BCUT2D eigenvalue weighted by Gasteiger charge is -2.23. The minimum absolute atomic E-state index is 0.203. The predicted octanol–water partition coefficient (Wildman–Crippen LogP) is 2.82. The van der Waals surface area contributed by atoms with Gasteiger partial charge in [0.1, 0.15) is 17.6 Å². The van der Waals surface area contributed by atoms with Crippen LogP contribution in [0.3, 0.4) is 0 Å². The Kier molecular flexibility index (Phi) is 5.60. The van der Waals surface area contributed by atoms with Crippen molar-refractivity contribution >= 4 is 22.9 Å². The van der Waals surface area contributed by atoms with Crippen molar-refractivity contribution < 1.29 is 4.74 Å². The van der Waals surface area contributed by atoms with Crippen molar-refractivity contribution in [3.8, 4) is 5.75 Å². The number of benzene rings is 1. The summed E-state index contributed by atoms with van der Waals surface area (Å²) < 4.78 is 6.24. The Bertz CT molecular complexity index is 824. The Labute approximate surface area is 160 Å². The van der Waals surface area contributed by atoms with Crippen molar-refractivity contribution in [3.05, 3.63) is 35.5 Å². The van der Waals surface area contributed by atoms with E-state index in [0.717, 1.165) is 47.9 Å². The van der Waals surface area contributed by atoms with Gasteiger partial charge in [-0.1, -0.05) is 12.1 Å². The molecule has 2 N–H and O–H groups in total. The summed E-state index contributed by atoms with van der Waals surface area (Å²) in [6.07, 6.45) is 1.24. The van der Waals surface area contributed by atoms with Gasteiger partial charge in [-0.25, -0.2) is 0 Å². The Morgan fingerprint density at radius 3 is 2.70 bits per heavy atom. The zero-order valence-electron chi connectivity index (χ0n) is 16.7. The highest BCUT2D eigenvalue weighted by Crippen LogP contribution is 2.29. The van der Waals surface area contributed by atoms with E-state index < -0.39 is 0 Å². The van der Waals surface area contributed by atoms with Gasteiger partial charge in [-0.3, -0.25) is 5.41 Å². The number of nitrogens with zero attached hydrogens (tertiary/aromatic N) is 4. The second kappa shape index (κ2) is 7.92. The molecule has 1 unspecified atom stereocenters. The highest BCUT2D eigenvalue weighted by atomic mass is 16.5. The molecule has 2 heterocycles.